The molecule has 2 heterocycles. The molecule has 0 spiro atoms. The number of methoxy groups -OCH3 is 1. The van der Waals surface area contributed by atoms with Crippen LogP contribution in [0.2, 0.25) is 0 Å². The van der Waals surface area contributed by atoms with Crippen molar-refractivity contribution in [1.29, 1.82) is 0 Å². The molecule has 1 aliphatic carbocycles. The maximum Gasteiger partial charge on any atom is 0.358 e. The zero-order valence-corrected chi connectivity index (χ0v) is 20.7. The Morgan fingerprint density at radius 2 is 2.03 bits per heavy atom. The number of aryl methyl sites for hydroxylation is 1. The second-order valence-electron chi connectivity index (χ2n) is 7.18. The SMILES string of the molecule is CCn1cnc(-c2cccc(Nc3cc(C4(C(N)=O)CC4)nnc3C(=O)O)c2OC)n1.[Zn]. The van der Waals surface area contributed by atoms with Crippen molar-refractivity contribution in [2.75, 3.05) is 12.4 Å². The Balaban J connectivity index is 0.00000289. The Bertz CT molecular complexity index is 1180. The molecule has 11 nitrogen and oxygen atoms in total. The van der Waals surface area contributed by atoms with Crippen molar-refractivity contribution in [2.24, 2.45) is 5.73 Å². The van der Waals surface area contributed by atoms with Crippen molar-refractivity contribution >= 4 is 23.3 Å². The molecule has 1 aliphatic rings. The number of anilines is 2. The molecule has 32 heavy (non-hydrogen) atoms. The van der Waals surface area contributed by atoms with Gasteiger partial charge in [0, 0.05) is 26.0 Å². The van der Waals surface area contributed by atoms with Gasteiger partial charge in [0.25, 0.3) is 0 Å². The first-order chi connectivity index (χ1) is 14.9. The minimum atomic E-state index is -1.26. The number of para-hydroxylation sites is 1. The van der Waals surface area contributed by atoms with Crippen LogP contribution in [0.1, 0.15) is 35.9 Å². The van der Waals surface area contributed by atoms with Crippen molar-refractivity contribution in [2.45, 2.75) is 31.7 Å². The first kappa shape index (κ1) is 23.3. The molecule has 0 radical (unpaired) electrons. The van der Waals surface area contributed by atoms with Crippen LogP contribution >= 0.6 is 0 Å². The van der Waals surface area contributed by atoms with E-state index in [-0.39, 0.29) is 30.9 Å². The molecular weight excluding hydrogens is 468 g/mol. The first-order valence-corrected chi connectivity index (χ1v) is 9.65. The summed E-state index contributed by atoms with van der Waals surface area (Å²) in [6.45, 7) is 2.62. The number of nitrogens with two attached hydrogens (primary N) is 1. The Morgan fingerprint density at radius 1 is 1.28 bits per heavy atom. The van der Waals surface area contributed by atoms with Gasteiger partial charge in [-0.1, -0.05) is 6.07 Å². The van der Waals surface area contributed by atoms with E-state index in [4.69, 9.17) is 10.5 Å². The number of benzene rings is 1. The summed E-state index contributed by atoms with van der Waals surface area (Å²) in [6, 6.07) is 6.81. The van der Waals surface area contributed by atoms with Crippen molar-refractivity contribution in [3.8, 4) is 17.1 Å². The van der Waals surface area contributed by atoms with Crippen LogP contribution in [0.3, 0.4) is 0 Å². The standard InChI is InChI=1S/C20H21N7O4.Zn/c1-3-27-10-22-17(26-27)11-5-4-6-12(16(11)31-2)23-13-9-14(20(7-8-20)19(21)30)24-25-15(13)18(28)29;/h4-6,9-10H,3,7-8H2,1-2H3,(H2,21,30)(H,23,24)(H,28,29);. The smallest absolute Gasteiger partial charge is 0.358 e. The third-order valence-corrected chi connectivity index (χ3v) is 5.30. The monoisotopic (exact) mass is 487 g/mol. The van der Waals surface area contributed by atoms with Gasteiger partial charge < -0.3 is 20.9 Å². The van der Waals surface area contributed by atoms with E-state index in [1.807, 2.05) is 6.92 Å². The van der Waals surface area contributed by atoms with Crippen LogP contribution in [-0.2, 0) is 36.2 Å². The molecule has 1 saturated carbocycles. The summed E-state index contributed by atoms with van der Waals surface area (Å²) in [5.74, 6) is -0.862. The van der Waals surface area contributed by atoms with E-state index >= 15 is 0 Å². The van der Waals surface area contributed by atoms with Crippen molar-refractivity contribution in [3.05, 3.63) is 42.0 Å². The number of carboxylic acids is 1. The molecule has 12 heteroatoms. The van der Waals surface area contributed by atoms with E-state index in [1.165, 1.54) is 13.2 Å². The molecule has 0 unspecified atom stereocenters. The molecule has 4 N–H and O–H groups in total. The molecule has 4 rings (SSSR count). The van der Waals surface area contributed by atoms with E-state index in [2.05, 4.69) is 25.6 Å². The van der Waals surface area contributed by atoms with E-state index in [9.17, 15) is 14.7 Å². The van der Waals surface area contributed by atoms with Crippen LogP contribution in [0.4, 0.5) is 11.4 Å². The van der Waals surface area contributed by atoms with Crippen LogP contribution in [0.5, 0.6) is 5.75 Å². The van der Waals surface area contributed by atoms with Gasteiger partial charge in [0.2, 0.25) is 5.91 Å². The number of carbonyl (C=O) groups excluding carboxylic acids is 1. The summed E-state index contributed by atoms with van der Waals surface area (Å²) in [5.41, 5.74) is 5.97. The number of hydrogen-bond acceptors (Lipinski definition) is 8. The molecule has 2 aromatic heterocycles. The number of nitrogens with zero attached hydrogens (tertiary/aromatic N) is 5. The van der Waals surface area contributed by atoms with E-state index in [0.29, 0.717) is 47.9 Å². The van der Waals surface area contributed by atoms with E-state index < -0.39 is 17.3 Å². The van der Waals surface area contributed by atoms with E-state index in [0.717, 1.165) is 0 Å². The predicted octanol–water partition coefficient (Wildman–Crippen LogP) is 1.72. The predicted molar refractivity (Wildman–Crippen MR) is 110 cm³/mol. The number of rotatable bonds is 8. The third-order valence-electron chi connectivity index (χ3n) is 5.30. The Kier molecular flexibility index (Phi) is 6.54. The Hall–Kier alpha value is -3.40. The summed E-state index contributed by atoms with van der Waals surface area (Å²) in [6.07, 6.45) is 2.72. The van der Waals surface area contributed by atoms with Gasteiger partial charge in [0.15, 0.2) is 17.3 Å². The first-order valence-electron chi connectivity index (χ1n) is 9.65. The van der Waals surface area contributed by atoms with Crippen LogP contribution in [-0.4, -0.2) is 49.1 Å². The minimum Gasteiger partial charge on any atom is -0.494 e. The third kappa shape index (κ3) is 4.05. The normalized spacial score (nSPS) is 13.7. The fourth-order valence-corrected chi connectivity index (χ4v) is 3.38. The van der Waals surface area contributed by atoms with Gasteiger partial charge in [-0.25, -0.2) is 9.78 Å². The summed E-state index contributed by atoms with van der Waals surface area (Å²) >= 11 is 0. The maximum atomic E-state index is 11.9. The summed E-state index contributed by atoms with van der Waals surface area (Å²) < 4.78 is 7.27. The van der Waals surface area contributed by atoms with Crippen LogP contribution in [0, 0.1) is 0 Å². The topological polar surface area (TPSA) is 158 Å². The van der Waals surface area contributed by atoms with Gasteiger partial charge in [-0.3, -0.25) is 9.48 Å². The molecular formula is C20H21N7O4Zn. The number of carbonyl (C=O) groups is 2. The quantitative estimate of drug-likeness (QED) is 0.401. The number of aromatic nitrogens is 5. The molecule has 0 bridgehead atoms. The van der Waals surface area contributed by atoms with Gasteiger partial charge in [-0.05, 0) is 38.0 Å². The van der Waals surface area contributed by atoms with Gasteiger partial charge in [-0.2, -0.15) is 10.2 Å². The molecule has 0 saturated heterocycles. The van der Waals surface area contributed by atoms with Crippen molar-refractivity contribution < 1.29 is 38.9 Å². The minimum absolute atomic E-state index is 0. The number of hydrogen-bond donors (Lipinski definition) is 3. The van der Waals surface area contributed by atoms with Gasteiger partial charge in [-0.15, -0.1) is 5.10 Å². The summed E-state index contributed by atoms with van der Waals surface area (Å²) in [4.78, 5) is 27.9. The molecule has 1 fully saturated rings. The molecule has 1 aromatic carbocycles. The number of aromatic carboxylic acids is 1. The largest absolute Gasteiger partial charge is 0.494 e. The summed E-state index contributed by atoms with van der Waals surface area (Å²) in [7, 11) is 1.50. The van der Waals surface area contributed by atoms with Crippen LogP contribution in [0.25, 0.3) is 11.4 Å². The maximum absolute atomic E-state index is 11.9. The number of amides is 1. The summed E-state index contributed by atoms with van der Waals surface area (Å²) in [5, 5.41) is 24.8. The molecule has 162 valence electrons. The fourth-order valence-electron chi connectivity index (χ4n) is 3.38. The molecule has 0 atom stereocenters. The van der Waals surface area contributed by atoms with Gasteiger partial charge >= 0.3 is 5.97 Å². The van der Waals surface area contributed by atoms with Crippen LogP contribution in [0.15, 0.2) is 30.6 Å². The molecule has 1 amide bonds. The average Bonchev–Trinajstić information content (AvgIpc) is 3.44. The van der Waals surface area contributed by atoms with Crippen LogP contribution < -0.4 is 15.8 Å². The molecule has 0 aliphatic heterocycles. The number of carboxylic acid groups (broad SMARTS) is 1. The second kappa shape index (κ2) is 8.99. The number of nitrogens with one attached hydrogen (secondary N) is 1. The fraction of sp³-hybridized carbons (Fsp3) is 0.300. The molecule has 3 aromatic rings. The van der Waals surface area contributed by atoms with Gasteiger partial charge in [0.05, 0.1) is 35.2 Å². The van der Waals surface area contributed by atoms with Crippen molar-refractivity contribution in [3.63, 3.8) is 0 Å². The van der Waals surface area contributed by atoms with Crippen molar-refractivity contribution in [1.82, 2.24) is 25.0 Å². The zero-order chi connectivity index (χ0) is 22.2. The Labute approximate surface area is 196 Å². The number of ether oxygens (including phenoxy) is 1. The zero-order valence-electron chi connectivity index (χ0n) is 17.7. The Morgan fingerprint density at radius 3 is 2.59 bits per heavy atom. The van der Waals surface area contributed by atoms with Gasteiger partial charge in [0.1, 0.15) is 6.33 Å². The second-order valence-corrected chi connectivity index (χ2v) is 7.18. The van der Waals surface area contributed by atoms with E-state index in [1.54, 1.807) is 29.2 Å². The number of primary amides is 1. The average molecular weight is 489 g/mol.